The number of halogens is 3. The van der Waals surface area contributed by atoms with Gasteiger partial charge in [0.25, 0.3) is 0 Å². The first-order chi connectivity index (χ1) is 6.15. The van der Waals surface area contributed by atoms with Crippen LogP contribution < -0.4 is 4.74 Å². The van der Waals surface area contributed by atoms with E-state index in [0.29, 0.717) is 0 Å². The molecule has 0 N–H and O–H groups in total. The average Bonchev–Trinajstić information content (AvgIpc) is 2.09. The molecule has 0 amide bonds. The number of ether oxygens (including phenoxy) is 2. The van der Waals surface area contributed by atoms with Crippen LogP contribution in [0.25, 0.3) is 0 Å². The van der Waals surface area contributed by atoms with Crippen molar-refractivity contribution in [2.45, 2.75) is 0 Å². The Kier molecular flexibility index (Phi) is 3.62. The molecule has 1 aromatic carbocycles. The van der Waals surface area contributed by atoms with Gasteiger partial charge in [0.1, 0.15) is 5.82 Å². The second kappa shape index (κ2) is 4.53. The van der Waals surface area contributed by atoms with Crippen LogP contribution in [0.3, 0.4) is 0 Å². The molecule has 5 heteroatoms. The van der Waals surface area contributed by atoms with E-state index in [1.807, 2.05) is 0 Å². The molecule has 0 aliphatic carbocycles. The van der Waals surface area contributed by atoms with Crippen LogP contribution in [0.4, 0.5) is 8.78 Å². The minimum absolute atomic E-state index is 0.0604. The van der Waals surface area contributed by atoms with Crippen LogP contribution in [0.2, 0.25) is 0 Å². The van der Waals surface area contributed by atoms with Gasteiger partial charge in [-0.05, 0) is 15.9 Å². The number of hydrogen-bond acceptors (Lipinski definition) is 2. The zero-order valence-electron chi connectivity index (χ0n) is 6.73. The first kappa shape index (κ1) is 10.4. The van der Waals surface area contributed by atoms with E-state index in [1.54, 1.807) is 0 Å². The lowest BCUT2D eigenvalue weighted by molar-refractivity contribution is 0.0480. The van der Waals surface area contributed by atoms with E-state index >= 15 is 0 Å². The smallest absolute Gasteiger partial charge is 0.188 e. The van der Waals surface area contributed by atoms with Crippen molar-refractivity contribution in [1.82, 2.24) is 0 Å². The minimum Gasteiger partial charge on any atom is -0.464 e. The van der Waals surface area contributed by atoms with Gasteiger partial charge in [-0.25, -0.2) is 8.78 Å². The predicted octanol–water partition coefficient (Wildman–Crippen LogP) is 2.51. The fourth-order valence-electron chi connectivity index (χ4n) is 0.687. The molecule has 0 saturated heterocycles. The molecule has 0 aliphatic heterocycles. The van der Waals surface area contributed by atoms with Gasteiger partial charge < -0.3 is 9.47 Å². The third kappa shape index (κ3) is 2.63. The average molecular weight is 252 g/mol. The maximum Gasteiger partial charge on any atom is 0.188 e. The van der Waals surface area contributed by atoms with E-state index in [9.17, 15) is 8.78 Å². The third-order valence-electron chi connectivity index (χ3n) is 1.24. The molecule has 0 saturated carbocycles. The molecule has 0 fully saturated rings. The van der Waals surface area contributed by atoms with Crippen molar-refractivity contribution in [1.29, 1.82) is 0 Å². The lowest BCUT2D eigenvalue weighted by Gasteiger charge is -2.05. The summed E-state index contributed by atoms with van der Waals surface area (Å²) >= 11 is 2.79. The zero-order valence-corrected chi connectivity index (χ0v) is 8.32. The van der Waals surface area contributed by atoms with Crippen LogP contribution in [0.1, 0.15) is 0 Å². The van der Waals surface area contributed by atoms with Crippen LogP contribution in [-0.2, 0) is 4.74 Å². The van der Waals surface area contributed by atoms with Gasteiger partial charge >= 0.3 is 0 Å². The molecule has 0 heterocycles. The Hall–Kier alpha value is -0.680. The minimum atomic E-state index is -0.759. The summed E-state index contributed by atoms with van der Waals surface area (Å²) in [7, 11) is 1.39. The van der Waals surface area contributed by atoms with E-state index in [4.69, 9.17) is 4.74 Å². The number of rotatable bonds is 3. The summed E-state index contributed by atoms with van der Waals surface area (Å²) in [5.74, 6) is -1.61. The summed E-state index contributed by atoms with van der Waals surface area (Å²) in [4.78, 5) is 0. The van der Waals surface area contributed by atoms with Crippen molar-refractivity contribution in [3.8, 4) is 5.75 Å². The lowest BCUT2D eigenvalue weighted by atomic mass is 10.3. The van der Waals surface area contributed by atoms with Gasteiger partial charge in [-0.2, -0.15) is 0 Å². The molecule has 0 unspecified atom stereocenters. The van der Waals surface area contributed by atoms with E-state index in [-0.39, 0.29) is 17.0 Å². The van der Waals surface area contributed by atoms with Crippen molar-refractivity contribution < 1.29 is 18.3 Å². The molecule has 1 radical (unpaired) electrons. The van der Waals surface area contributed by atoms with Gasteiger partial charge in [0.05, 0.1) is 4.47 Å². The predicted molar refractivity (Wildman–Crippen MR) is 45.4 cm³/mol. The molecule has 1 rings (SSSR count). The molecule has 1 aromatic rings. The van der Waals surface area contributed by atoms with Crippen molar-refractivity contribution in [2.75, 3.05) is 13.9 Å². The van der Waals surface area contributed by atoms with Crippen molar-refractivity contribution >= 4 is 15.9 Å². The normalized spacial score (nSPS) is 10.2. The molecule has 0 aliphatic rings. The molecule has 0 atom stereocenters. The summed E-state index contributed by atoms with van der Waals surface area (Å²) in [5, 5.41) is 0. The van der Waals surface area contributed by atoms with Crippen LogP contribution in [0, 0.1) is 17.7 Å². The number of methoxy groups -OCH3 is 1. The molecular weight excluding hydrogens is 246 g/mol. The van der Waals surface area contributed by atoms with Crippen molar-refractivity contribution in [3.63, 3.8) is 0 Å². The molecule has 2 nitrogen and oxygen atoms in total. The van der Waals surface area contributed by atoms with E-state index in [0.717, 1.165) is 6.07 Å². The monoisotopic (exact) mass is 251 g/mol. The second-order valence-corrected chi connectivity index (χ2v) is 2.95. The van der Waals surface area contributed by atoms with Crippen LogP contribution in [0.5, 0.6) is 5.75 Å². The molecular formula is C8H6BrF2O2. The Labute approximate surface area is 82.6 Å². The summed E-state index contributed by atoms with van der Waals surface area (Å²) < 4.78 is 34.9. The summed E-state index contributed by atoms with van der Waals surface area (Å²) in [6.07, 6.45) is 0. The lowest BCUT2D eigenvalue weighted by Crippen LogP contribution is -2.01. The van der Waals surface area contributed by atoms with Gasteiger partial charge in [0.15, 0.2) is 18.4 Å². The SMILES string of the molecule is COCOc1cc(F)c(Br)[c]c1F. The maximum atomic E-state index is 12.9. The van der Waals surface area contributed by atoms with Crippen molar-refractivity contribution in [2.24, 2.45) is 0 Å². The second-order valence-electron chi connectivity index (χ2n) is 2.16. The maximum absolute atomic E-state index is 12.9. The number of hydrogen-bond donors (Lipinski definition) is 0. The standard InChI is InChI=1S/C8H6BrF2O2/c1-12-4-13-8-3-6(10)5(9)2-7(8)11/h3H,4H2,1H3. The Balaban J connectivity index is 2.88. The summed E-state index contributed by atoms with van der Waals surface area (Å²) in [5.41, 5.74) is 0. The fourth-order valence-corrected chi connectivity index (χ4v) is 0.975. The Morgan fingerprint density at radius 3 is 2.85 bits per heavy atom. The molecule has 71 valence electrons. The highest BCUT2D eigenvalue weighted by molar-refractivity contribution is 9.10. The Morgan fingerprint density at radius 1 is 1.54 bits per heavy atom. The first-order valence-electron chi connectivity index (χ1n) is 3.33. The van der Waals surface area contributed by atoms with Crippen LogP contribution >= 0.6 is 15.9 Å². The summed E-state index contributed by atoms with van der Waals surface area (Å²) in [6.45, 7) is -0.133. The molecule has 0 aromatic heterocycles. The third-order valence-corrected chi connectivity index (χ3v) is 1.81. The van der Waals surface area contributed by atoms with Crippen molar-refractivity contribution in [3.05, 3.63) is 28.2 Å². The largest absolute Gasteiger partial charge is 0.464 e. The Morgan fingerprint density at radius 2 is 2.23 bits per heavy atom. The van der Waals surface area contributed by atoms with Crippen LogP contribution in [-0.4, -0.2) is 13.9 Å². The highest BCUT2D eigenvalue weighted by atomic mass is 79.9. The highest BCUT2D eigenvalue weighted by Gasteiger charge is 2.09. The zero-order chi connectivity index (χ0) is 9.84. The number of benzene rings is 1. The molecule has 0 bridgehead atoms. The van der Waals surface area contributed by atoms with E-state index < -0.39 is 11.6 Å². The van der Waals surface area contributed by atoms with E-state index in [1.165, 1.54) is 7.11 Å². The topological polar surface area (TPSA) is 18.5 Å². The van der Waals surface area contributed by atoms with Gasteiger partial charge in [-0.3, -0.25) is 0 Å². The van der Waals surface area contributed by atoms with Gasteiger partial charge in [-0.15, -0.1) is 0 Å². The van der Waals surface area contributed by atoms with E-state index in [2.05, 4.69) is 26.7 Å². The van der Waals surface area contributed by atoms with Gasteiger partial charge in [0.2, 0.25) is 0 Å². The van der Waals surface area contributed by atoms with Gasteiger partial charge in [-0.1, -0.05) is 0 Å². The molecule has 13 heavy (non-hydrogen) atoms. The first-order valence-corrected chi connectivity index (χ1v) is 4.13. The summed E-state index contributed by atoms with van der Waals surface area (Å²) in [6, 6.07) is 3.04. The fraction of sp³-hybridized carbons (Fsp3) is 0.250. The molecule has 0 spiro atoms. The van der Waals surface area contributed by atoms with Gasteiger partial charge in [0, 0.05) is 19.2 Å². The Bertz CT molecular complexity index is 304. The van der Waals surface area contributed by atoms with Crippen LogP contribution in [0.15, 0.2) is 10.5 Å². The highest BCUT2D eigenvalue weighted by Crippen LogP contribution is 2.24. The quantitative estimate of drug-likeness (QED) is 0.607.